The van der Waals surface area contributed by atoms with Crippen LogP contribution in [0.4, 0.5) is 0 Å². The maximum Gasteiger partial charge on any atom is 0.243 e. The number of carbonyl (C=O) groups is 4. The Morgan fingerprint density at radius 3 is 2.43 bits per heavy atom. The molecule has 3 aromatic rings. The molecule has 11 heteroatoms. The van der Waals surface area contributed by atoms with Crippen LogP contribution in [0.3, 0.4) is 0 Å². The molecule has 1 aromatic heterocycles. The summed E-state index contributed by atoms with van der Waals surface area (Å²) in [4.78, 5) is 57.4. The molecule has 4 amide bonds. The van der Waals surface area contributed by atoms with Crippen LogP contribution in [0.2, 0.25) is 0 Å². The van der Waals surface area contributed by atoms with Crippen molar-refractivity contribution < 1.29 is 24.3 Å². The summed E-state index contributed by atoms with van der Waals surface area (Å²) in [5.41, 5.74) is 14.2. The third-order valence-electron chi connectivity index (χ3n) is 7.65. The Labute approximate surface area is 245 Å². The van der Waals surface area contributed by atoms with Crippen molar-refractivity contribution in [3.05, 3.63) is 65.9 Å². The van der Waals surface area contributed by atoms with E-state index < -0.39 is 41.9 Å². The van der Waals surface area contributed by atoms with Gasteiger partial charge in [-0.2, -0.15) is 0 Å². The quantitative estimate of drug-likeness (QED) is 0.190. The highest BCUT2D eigenvalue weighted by Crippen LogP contribution is 2.22. The van der Waals surface area contributed by atoms with Crippen molar-refractivity contribution in [1.82, 2.24) is 20.5 Å². The molecule has 2 heterocycles. The van der Waals surface area contributed by atoms with Crippen LogP contribution in [0.5, 0.6) is 5.75 Å². The number of benzene rings is 2. The van der Waals surface area contributed by atoms with E-state index in [-0.39, 0.29) is 30.4 Å². The summed E-state index contributed by atoms with van der Waals surface area (Å²) in [5.74, 6) is -1.75. The summed E-state index contributed by atoms with van der Waals surface area (Å²) in [6.07, 6.45) is 3.64. The Hall–Kier alpha value is -4.38. The number of aromatic hydroxyl groups is 1. The van der Waals surface area contributed by atoms with Gasteiger partial charge in [-0.3, -0.25) is 19.2 Å². The van der Waals surface area contributed by atoms with E-state index in [1.165, 1.54) is 17.0 Å². The number of hydrogen-bond acceptors (Lipinski definition) is 6. The van der Waals surface area contributed by atoms with Crippen molar-refractivity contribution in [3.8, 4) is 5.75 Å². The standard InChI is InChI=1S/C31H40N6O5/c1-18(2)14-23(32)31(42)37-13-5-8-27(37)30(41)36-26(16-20-17-34-24-7-4-3-6-22(20)24)29(40)35-25(28(33)39)15-19-9-11-21(38)12-10-19/h3-4,6-7,9-12,17-18,23,25-27,34,38H,5,8,13-16,32H2,1-2H3,(H2,33,39)(H,35,40)(H,36,41)/t23-,25-,26-,27-/m0/s1. The maximum absolute atomic E-state index is 13.7. The average molecular weight is 577 g/mol. The summed E-state index contributed by atoms with van der Waals surface area (Å²) in [6, 6.07) is 10.3. The lowest BCUT2D eigenvalue weighted by Gasteiger charge is -2.29. The molecule has 11 nitrogen and oxygen atoms in total. The van der Waals surface area contributed by atoms with E-state index in [9.17, 15) is 24.3 Å². The molecule has 8 N–H and O–H groups in total. The molecule has 0 bridgehead atoms. The molecular weight excluding hydrogens is 536 g/mol. The SMILES string of the molecule is CC(C)C[C@H](N)C(=O)N1CCC[C@H]1C(=O)N[C@@H](Cc1c[nH]c2ccccc12)C(=O)N[C@@H](Cc1ccc(O)cc1)C(N)=O. The van der Waals surface area contributed by atoms with Gasteiger partial charge in [-0.05, 0) is 54.5 Å². The van der Waals surface area contributed by atoms with E-state index in [4.69, 9.17) is 11.5 Å². The van der Waals surface area contributed by atoms with Crippen molar-refractivity contribution in [2.45, 2.75) is 70.1 Å². The third-order valence-corrected chi connectivity index (χ3v) is 7.65. The molecule has 0 aliphatic carbocycles. The fourth-order valence-electron chi connectivity index (χ4n) is 5.49. The molecule has 0 unspecified atom stereocenters. The number of phenols is 1. The van der Waals surface area contributed by atoms with Crippen LogP contribution in [-0.4, -0.2) is 69.3 Å². The lowest BCUT2D eigenvalue weighted by molar-refractivity contribution is -0.140. The van der Waals surface area contributed by atoms with Gasteiger partial charge in [-0.25, -0.2) is 0 Å². The number of para-hydroxylation sites is 1. The van der Waals surface area contributed by atoms with Gasteiger partial charge >= 0.3 is 0 Å². The Bertz CT molecular complexity index is 1420. The highest BCUT2D eigenvalue weighted by Gasteiger charge is 2.38. The zero-order valence-corrected chi connectivity index (χ0v) is 24.0. The molecule has 4 rings (SSSR count). The van der Waals surface area contributed by atoms with Gasteiger partial charge in [0.25, 0.3) is 0 Å². The Balaban J connectivity index is 1.55. The molecule has 1 aliphatic heterocycles. The molecule has 0 spiro atoms. The van der Waals surface area contributed by atoms with Gasteiger partial charge in [0, 0.05) is 36.5 Å². The number of nitrogens with one attached hydrogen (secondary N) is 3. The number of phenolic OH excluding ortho intramolecular Hbond substituents is 1. The minimum absolute atomic E-state index is 0.0736. The number of hydrogen-bond donors (Lipinski definition) is 6. The average Bonchev–Trinajstić information content (AvgIpc) is 3.60. The smallest absolute Gasteiger partial charge is 0.243 e. The number of aromatic nitrogens is 1. The van der Waals surface area contributed by atoms with Crippen LogP contribution in [0, 0.1) is 5.92 Å². The summed E-state index contributed by atoms with van der Waals surface area (Å²) in [6.45, 7) is 4.38. The van der Waals surface area contributed by atoms with Gasteiger partial charge in [-0.15, -0.1) is 0 Å². The lowest BCUT2D eigenvalue weighted by Crippen LogP contribution is -2.58. The summed E-state index contributed by atoms with van der Waals surface area (Å²) in [7, 11) is 0. The number of nitrogens with two attached hydrogens (primary N) is 2. The summed E-state index contributed by atoms with van der Waals surface area (Å²) in [5, 5.41) is 16.0. The molecule has 1 aliphatic rings. The number of amides is 4. The van der Waals surface area contributed by atoms with Gasteiger partial charge in [-0.1, -0.05) is 44.2 Å². The Morgan fingerprint density at radius 2 is 1.74 bits per heavy atom. The normalized spacial score (nSPS) is 17.1. The lowest BCUT2D eigenvalue weighted by atomic mass is 10.0. The topological polar surface area (TPSA) is 184 Å². The summed E-state index contributed by atoms with van der Waals surface area (Å²) < 4.78 is 0. The number of likely N-dealkylation sites (tertiary alicyclic amines) is 1. The number of nitrogens with zero attached hydrogens (tertiary/aromatic N) is 1. The predicted octanol–water partition coefficient (Wildman–Crippen LogP) is 1.48. The Morgan fingerprint density at radius 1 is 1.02 bits per heavy atom. The predicted molar refractivity (Wildman–Crippen MR) is 159 cm³/mol. The van der Waals surface area contributed by atoms with Gasteiger partial charge in [0.2, 0.25) is 23.6 Å². The van der Waals surface area contributed by atoms with E-state index in [1.807, 2.05) is 38.1 Å². The first-order valence-corrected chi connectivity index (χ1v) is 14.3. The van der Waals surface area contributed by atoms with Gasteiger partial charge < -0.3 is 37.1 Å². The fraction of sp³-hybridized carbons (Fsp3) is 0.419. The first kappa shape index (κ1) is 30.6. The second kappa shape index (κ2) is 13.5. The van der Waals surface area contributed by atoms with Crippen molar-refractivity contribution in [2.24, 2.45) is 17.4 Å². The number of aromatic amines is 1. The minimum atomic E-state index is -1.06. The van der Waals surface area contributed by atoms with Gasteiger partial charge in [0.1, 0.15) is 23.9 Å². The molecule has 2 aromatic carbocycles. The van der Waals surface area contributed by atoms with Crippen LogP contribution < -0.4 is 22.1 Å². The van der Waals surface area contributed by atoms with Crippen LogP contribution in [-0.2, 0) is 32.0 Å². The molecule has 1 fully saturated rings. The number of carbonyl (C=O) groups excluding carboxylic acids is 4. The maximum atomic E-state index is 13.7. The highest BCUT2D eigenvalue weighted by atomic mass is 16.3. The first-order valence-electron chi connectivity index (χ1n) is 14.3. The first-order chi connectivity index (χ1) is 20.0. The van der Waals surface area contributed by atoms with Crippen molar-refractivity contribution in [2.75, 3.05) is 6.54 Å². The second-order valence-electron chi connectivity index (χ2n) is 11.4. The zero-order chi connectivity index (χ0) is 30.4. The van der Waals surface area contributed by atoms with E-state index in [1.54, 1.807) is 18.3 Å². The number of primary amides is 1. The molecule has 0 saturated carbocycles. The highest BCUT2D eigenvalue weighted by molar-refractivity contribution is 5.95. The van der Waals surface area contributed by atoms with E-state index in [2.05, 4.69) is 15.6 Å². The summed E-state index contributed by atoms with van der Waals surface area (Å²) >= 11 is 0. The van der Waals surface area contributed by atoms with Crippen LogP contribution in [0.1, 0.15) is 44.2 Å². The molecule has 4 atom stereocenters. The van der Waals surface area contributed by atoms with Crippen molar-refractivity contribution in [1.29, 1.82) is 0 Å². The van der Waals surface area contributed by atoms with Crippen molar-refractivity contribution in [3.63, 3.8) is 0 Å². The number of H-pyrrole nitrogens is 1. The van der Waals surface area contributed by atoms with Gasteiger partial charge in [0.15, 0.2) is 0 Å². The minimum Gasteiger partial charge on any atom is -0.508 e. The van der Waals surface area contributed by atoms with Crippen LogP contribution in [0.15, 0.2) is 54.7 Å². The number of rotatable bonds is 12. The molecule has 1 saturated heterocycles. The Kier molecular flexibility index (Phi) is 9.84. The van der Waals surface area contributed by atoms with E-state index in [0.717, 1.165) is 16.5 Å². The van der Waals surface area contributed by atoms with Gasteiger partial charge in [0.05, 0.1) is 6.04 Å². The molecule has 224 valence electrons. The van der Waals surface area contributed by atoms with Crippen LogP contribution in [0.25, 0.3) is 10.9 Å². The monoisotopic (exact) mass is 576 g/mol. The molecular formula is C31H40N6O5. The van der Waals surface area contributed by atoms with E-state index >= 15 is 0 Å². The fourth-order valence-corrected chi connectivity index (χ4v) is 5.49. The van der Waals surface area contributed by atoms with Crippen LogP contribution >= 0.6 is 0 Å². The second-order valence-corrected chi connectivity index (χ2v) is 11.4. The van der Waals surface area contributed by atoms with E-state index in [0.29, 0.717) is 31.4 Å². The zero-order valence-electron chi connectivity index (χ0n) is 24.0. The molecule has 0 radical (unpaired) electrons. The third kappa shape index (κ3) is 7.47. The largest absolute Gasteiger partial charge is 0.508 e. The number of fused-ring (bicyclic) bond motifs is 1. The molecule has 42 heavy (non-hydrogen) atoms. The van der Waals surface area contributed by atoms with Crippen molar-refractivity contribution >= 4 is 34.5 Å².